The third kappa shape index (κ3) is 3.97. The SMILES string of the molecule is O=C(COC(=O)c1ccc(C(F)(F)F)cc1)Nc1cccc2nsnc12. The van der Waals surface area contributed by atoms with Gasteiger partial charge < -0.3 is 10.1 Å². The quantitative estimate of drug-likeness (QED) is 0.700. The number of halogens is 3. The third-order valence-corrected chi connectivity index (χ3v) is 3.88. The Bertz CT molecular complexity index is 955. The van der Waals surface area contributed by atoms with Crippen molar-refractivity contribution in [3.63, 3.8) is 0 Å². The molecule has 0 spiro atoms. The molecule has 0 fully saturated rings. The summed E-state index contributed by atoms with van der Waals surface area (Å²) in [5.74, 6) is -1.51. The zero-order valence-corrected chi connectivity index (χ0v) is 13.7. The first-order valence-electron chi connectivity index (χ1n) is 7.20. The van der Waals surface area contributed by atoms with E-state index in [0.717, 1.165) is 36.0 Å². The molecule has 0 aliphatic rings. The van der Waals surface area contributed by atoms with E-state index in [0.29, 0.717) is 16.7 Å². The lowest BCUT2D eigenvalue weighted by atomic mass is 10.1. The lowest BCUT2D eigenvalue weighted by Gasteiger charge is -2.08. The molecule has 134 valence electrons. The molecule has 10 heteroatoms. The number of nitrogens with zero attached hydrogens (tertiary/aromatic N) is 2. The topological polar surface area (TPSA) is 81.2 Å². The number of carbonyl (C=O) groups excluding carboxylic acids is 2. The van der Waals surface area contributed by atoms with Gasteiger partial charge in [0.2, 0.25) is 0 Å². The highest BCUT2D eigenvalue weighted by Gasteiger charge is 2.30. The van der Waals surface area contributed by atoms with Crippen molar-refractivity contribution in [2.75, 3.05) is 11.9 Å². The lowest BCUT2D eigenvalue weighted by Crippen LogP contribution is -2.21. The van der Waals surface area contributed by atoms with E-state index in [9.17, 15) is 22.8 Å². The van der Waals surface area contributed by atoms with Crippen molar-refractivity contribution in [2.45, 2.75) is 6.18 Å². The zero-order chi connectivity index (χ0) is 18.7. The van der Waals surface area contributed by atoms with Crippen molar-refractivity contribution in [1.29, 1.82) is 0 Å². The highest BCUT2D eigenvalue weighted by molar-refractivity contribution is 7.00. The molecule has 2 aromatic carbocycles. The van der Waals surface area contributed by atoms with Crippen LogP contribution in [-0.2, 0) is 15.7 Å². The maximum atomic E-state index is 12.5. The molecule has 3 rings (SSSR count). The highest BCUT2D eigenvalue weighted by Crippen LogP contribution is 2.29. The molecule has 1 N–H and O–H groups in total. The second kappa shape index (κ2) is 7.08. The van der Waals surface area contributed by atoms with Crippen molar-refractivity contribution in [3.05, 3.63) is 53.6 Å². The van der Waals surface area contributed by atoms with Crippen LogP contribution >= 0.6 is 11.7 Å². The van der Waals surface area contributed by atoms with Gasteiger partial charge >= 0.3 is 12.1 Å². The molecule has 1 amide bonds. The summed E-state index contributed by atoms with van der Waals surface area (Å²) in [6.45, 7) is -0.589. The van der Waals surface area contributed by atoms with Crippen LogP contribution in [0.15, 0.2) is 42.5 Å². The number of hydrogen-bond acceptors (Lipinski definition) is 6. The van der Waals surface area contributed by atoms with Crippen molar-refractivity contribution < 1.29 is 27.5 Å². The number of hydrogen-bond donors (Lipinski definition) is 1. The van der Waals surface area contributed by atoms with E-state index < -0.39 is 30.2 Å². The molecule has 26 heavy (non-hydrogen) atoms. The zero-order valence-electron chi connectivity index (χ0n) is 12.9. The van der Waals surface area contributed by atoms with Crippen LogP contribution in [0, 0.1) is 0 Å². The number of nitrogens with one attached hydrogen (secondary N) is 1. The Kier molecular flexibility index (Phi) is 4.85. The van der Waals surface area contributed by atoms with Gasteiger partial charge in [0.05, 0.1) is 28.5 Å². The molecule has 0 radical (unpaired) electrons. The first-order valence-corrected chi connectivity index (χ1v) is 7.93. The largest absolute Gasteiger partial charge is 0.452 e. The van der Waals surface area contributed by atoms with E-state index in [4.69, 9.17) is 4.74 Å². The van der Waals surface area contributed by atoms with Crippen LogP contribution in [0.5, 0.6) is 0 Å². The summed E-state index contributed by atoms with van der Waals surface area (Å²) < 4.78 is 50.4. The first-order chi connectivity index (χ1) is 12.3. The Morgan fingerprint density at radius 1 is 1.08 bits per heavy atom. The van der Waals surface area contributed by atoms with Crippen LogP contribution in [0.4, 0.5) is 18.9 Å². The predicted molar refractivity (Wildman–Crippen MR) is 87.8 cm³/mol. The number of anilines is 1. The van der Waals surface area contributed by atoms with E-state index >= 15 is 0 Å². The molecular weight excluding hydrogens is 371 g/mol. The number of carbonyl (C=O) groups is 2. The van der Waals surface area contributed by atoms with Crippen LogP contribution in [0.25, 0.3) is 11.0 Å². The number of ether oxygens (including phenoxy) is 1. The summed E-state index contributed by atoms with van der Waals surface area (Å²) in [7, 11) is 0. The highest BCUT2D eigenvalue weighted by atomic mass is 32.1. The van der Waals surface area contributed by atoms with Gasteiger partial charge in [-0.3, -0.25) is 4.79 Å². The summed E-state index contributed by atoms with van der Waals surface area (Å²) in [5.41, 5.74) is 0.592. The third-order valence-electron chi connectivity index (χ3n) is 3.34. The molecule has 0 bridgehead atoms. The molecule has 0 aliphatic heterocycles. The Morgan fingerprint density at radius 3 is 2.50 bits per heavy atom. The smallest absolute Gasteiger partial charge is 0.416 e. The number of aromatic nitrogens is 2. The molecule has 1 heterocycles. The number of esters is 1. The average Bonchev–Trinajstić information content (AvgIpc) is 3.09. The monoisotopic (exact) mass is 381 g/mol. The molecular formula is C16H10F3N3O3S. The summed E-state index contributed by atoms with van der Waals surface area (Å²) in [4.78, 5) is 23.7. The maximum absolute atomic E-state index is 12.5. The molecule has 0 atom stereocenters. The van der Waals surface area contributed by atoms with Crippen LogP contribution in [0.1, 0.15) is 15.9 Å². The summed E-state index contributed by atoms with van der Waals surface area (Å²) in [6.07, 6.45) is -4.49. The second-order valence-corrected chi connectivity index (χ2v) is 5.67. The lowest BCUT2D eigenvalue weighted by molar-refractivity contribution is -0.137. The maximum Gasteiger partial charge on any atom is 0.416 e. The van der Waals surface area contributed by atoms with Gasteiger partial charge in [0.25, 0.3) is 5.91 Å². The van der Waals surface area contributed by atoms with Gasteiger partial charge in [-0.25, -0.2) is 4.79 Å². The molecule has 1 aromatic heterocycles. The number of rotatable bonds is 4. The molecule has 0 unspecified atom stereocenters. The summed E-state index contributed by atoms with van der Waals surface area (Å²) >= 11 is 0.996. The minimum absolute atomic E-state index is 0.0865. The standard InChI is InChI=1S/C16H10F3N3O3S/c17-16(18,19)10-6-4-9(5-7-10)15(24)25-8-13(23)20-11-2-1-3-12-14(11)22-26-21-12/h1-7H,8H2,(H,20,23). The molecule has 0 saturated carbocycles. The Morgan fingerprint density at radius 2 is 1.81 bits per heavy atom. The predicted octanol–water partition coefficient (Wildman–Crippen LogP) is 3.51. The van der Waals surface area contributed by atoms with Crippen LogP contribution in [0.2, 0.25) is 0 Å². The van der Waals surface area contributed by atoms with Crippen LogP contribution < -0.4 is 5.32 Å². The van der Waals surface area contributed by atoms with Crippen molar-refractivity contribution in [1.82, 2.24) is 8.75 Å². The number of alkyl halides is 3. The van der Waals surface area contributed by atoms with E-state index in [-0.39, 0.29) is 5.56 Å². The minimum Gasteiger partial charge on any atom is -0.452 e. The Hall–Kier alpha value is -3.01. The van der Waals surface area contributed by atoms with Gasteiger partial charge in [0.15, 0.2) is 6.61 Å². The van der Waals surface area contributed by atoms with Gasteiger partial charge in [0.1, 0.15) is 11.0 Å². The van der Waals surface area contributed by atoms with Gasteiger partial charge in [-0.2, -0.15) is 21.9 Å². The van der Waals surface area contributed by atoms with Gasteiger partial charge in [0, 0.05) is 0 Å². The van der Waals surface area contributed by atoms with E-state index in [1.54, 1.807) is 18.2 Å². The Labute approximate surface area is 148 Å². The van der Waals surface area contributed by atoms with E-state index in [1.165, 1.54) is 0 Å². The number of fused-ring (bicyclic) bond motifs is 1. The molecule has 0 aliphatic carbocycles. The fourth-order valence-electron chi connectivity index (χ4n) is 2.10. The minimum atomic E-state index is -4.49. The van der Waals surface area contributed by atoms with Crippen LogP contribution in [-0.4, -0.2) is 27.2 Å². The fraction of sp³-hybridized carbons (Fsp3) is 0.125. The van der Waals surface area contributed by atoms with E-state index in [1.807, 2.05) is 0 Å². The van der Waals surface area contributed by atoms with E-state index in [2.05, 4.69) is 14.1 Å². The second-order valence-electron chi connectivity index (χ2n) is 5.14. The summed E-state index contributed by atoms with van der Waals surface area (Å²) in [6, 6.07) is 8.57. The molecule has 3 aromatic rings. The van der Waals surface area contributed by atoms with Gasteiger partial charge in [-0.1, -0.05) is 6.07 Å². The van der Waals surface area contributed by atoms with Crippen molar-refractivity contribution in [2.24, 2.45) is 0 Å². The van der Waals surface area contributed by atoms with Crippen molar-refractivity contribution >= 4 is 40.3 Å². The number of benzene rings is 2. The van der Waals surface area contributed by atoms with Crippen LogP contribution in [0.3, 0.4) is 0 Å². The molecule has 0 saturated heterocycles. The molecule has 6 nitrogen and oxygen atoms in total. The van der Waals surface area contributed by atoms with Crippen molar-refractivity contribution in [3.8, 4) is 0 Å². The Balaban J connectivity index is 1.59. The number of amides is 1. The van der Waals surface area contributed by atoms with Gasteiger partial charge in [-0.05, 0) is 36.4 Å². The first kappa shape index (κ1) is 17.8. The summed E-state index contributed by atoms with van der Waals surface area (Å²) in [5, 5.41) is 2.55. The fourth-order valence-corrected chi connectivity index (χ4v) is 2.65. The average molecular weight is 381 g/mol. The normalized spacial score (nSPS) is 11.3. The van der Waals surface area contributed by atoms with Gasteiger partial charge in [-0.15, -0.1) is 0 Å².